The highest BCUT2D eigenvalue weighted by molar-refractivity contribution is 7.87. The zero-order valence-corrected chi connectivity index (χ0v) is 13.6. The van der Waals surface area contributed by atoms with Crippen LogP contribution in [0.15, 0.2) is 18.2 Å². The van der Waals surface area contributed by atoms with Crippen LogP contribution in [0.4, 0.5) is 4.39 Å². The average Bonchev–Trinajstić information content (AvgIpc) is 2.86. The highest BCUT2D eigenvalue weighted by Gasteiger charge is 2.23. The van der Waals surface area contributed by atoms with Gasteiger partial charge in [0, 0.05) is 33.1 Å². The maximum atomic E-state index is 13.7. The molecule has 1 saturated heterocycles. The van der Waals surface area contributed by atoms with Crippen LogP contribution in [0.3, 0.4) is 0 Å². The summed E-state index contributed by atoms with van der Waals surface area (Å²) < 4.78 is 48.9. The molecule has 0 saturated carbocycles. The van der Waals surface area contributed by atoms with E-state index in [2.05, 4.69) is 9.71 Å². The largest absolute Gasteiger partial charge is 0.379 e. The Kier molecular flexibility index (Phi) is 4.62. The number of imidazole rings is 1. The number of para-hydroxylation sites is 1. The normalized spacial score (nSPS) is 17.0. The number of fused-ring (bicyclic) bond motifs is 1. The van der Waals surface area contributed by atoms with Crippen molar-refractivity contribution in [2.45, 2.75) is 6.42 Å². The standard InChI is InChI=1S/C14H19FN4O3S/c1-18-12-4-2-3-11(15)14(12)17-13(18)5-6-16-23(20,21)19-7-9-22-10-8-19/h2-4,16H,5-10H2,1H3. The van der Waals surface area contributed by atoms with E-state index in [1.807, 2.05) is 0 Å². The molecular formula is C14H19FN4O3S. The number of aromatic nitrogens is 2. The van der Waals surface area contributed by atoms with Crippen molar-refractivity contribution in [3.63, 3.8) is 0 Å². The molecule has 1 aliphatic rings. The minimum Gasteiger partial charge on any atom is -0.379 e. The van der Waals surface area contributed by atoms with Crippen LogP contribution in [0, 0.1) is 5.82 Å². The summed E-state index contributed by atoms with van der Waals surface area (Å²) in [5, 5.41) is 0. The molecule has 1 aromatic heterocycles. The van der Waals surface area contributed by atoms with E-state index in [4.69, 9.17) is 4.74 Å². The minimum absolute atomic E-state index is 0.207. The smallest absolute Gasteiger partial charge is 0.279 e. The van der Waals surface area contributed by atoms with Gasteiger partial charge in [0.15, 0.2) is 5.82 Å². The molecule has 1 aliphatic heterocycles. The number of halogens is 1. The highest BCUT2D eigenvalue weighted by Crippen LogP contribution is 2.18. The lowest BCUT2D eigenvalue weighted by Gasteiger charge is -2.26. The topological polar surface area (TPSA) is 76.5 Å². The zero-order valence-electron chi connectivity index (χ0n) is 12.8. The van der Waals surface area contributed by atoms with E-state index in [0.717, 1.165) is 0 Å². The van der Waals surface area contributed by atoms with Crippen molar-refractivity contribution in [3.05, 3.63) is 29.8 Å². The Bertz CT molecular complexity index is 800. The summed E-state index contributed by atoms with van der Waals surface area (Å²) in [4.78, 5) is 4.26. The summed E-state index contributed by atoms with van der Waals surface area (Å²) in [6, 6.07) is 4.78. The lowest BCUT2D eigenvalue weighted by Crippen LogP contribution is -2.47. The van der Waals surface area contributed by atoms with Crippen LogP contribution in [0.5, 0.6) is 0 Å². The molecular weight excluding hydrogens is 323 g/mol. The van der Waals surface area contributed by atoms with Crippen molar-refractivity contribution in [3.8, 4) is 0 Å². The summed E-state index contributed by atoms with van der Waals surface area (Å²) in [5.41, 5.74) is 0.997. The molecule has 126 valence electrons. The van der Waals surface area contributed by atoms with Gasteiger partial charge >= 0.3 is 0 Å². The van der Waals surface area contributed by atoms with E-state index >= 15 is 0 Å². The van der Waals surface area contributed by atoms with Gasteiger partial charge in [-0.15, -0.1) is 0 Å². The first kappa shape index (κ1) is 16.3. The first-order valence-electron chi connectivity index (χ1n) is 7.41. The number of benzene rings is 1. The second-order valence-electron chi connectivity index (χ2n) is 5.36. The molecule has 0 aliphatic carbocycles. The fourth-order valence-corrected chi connectivity index (χ4v) is 3.79. The molecule has 0 atom stereocenters. The predicted octanol–water partition coefficient (Wildman–Crippen LogP) is 0.422. The number of ether oxygens (including phenoxy) is 1. The monoisotopic (exact) mass is 342 g/mol. The van der Waals surface area contributed by atoms with Gasteiger partial charge in [0.2, 0.25) is 0 Å². The van der Waals surface area contributed by atoms with Crippen LogP contribution >= 0.6 is 0 Å². The second kappa shape index (κ2) is 6.52. The van der Waals surface area contributed by atoms with Gasteiger partial charge in [-0.2, -0.15) is 12.7 Å². The Morgan fingerprint density at radius 1 is 1.35 bits per heavy atom. The first-order valence-corrected chi connectivity index (χ1v) is 8.85. The van der Waals surface area contributed by atoms with E-state index in [0.29, 0.717) is 49.6 Å². The minimum atomic E-state index is -3.51. The van der Waals surface area contributed by atoms with E-state index in [1.165, 1.54) is 10.4 Å². The molecule has 1 aromatic carbocycles. The Hall–Kier alpha value is -1.55. The fourth-order valence-electron chi connectivity index (χ4n) is 2.62. The Labute approximate surface area is 134 Å². The Morgan fingerprint density at radius 2 is 2.09 bits per heavy atom. The van der Waals surface area contributed by atoms with Gasteiger partial charge in [-0.25, -0.2) is 14.1 Å². The molecule has 7 nitrogen and oxygen atoms in total. The number of hydrogen-bond donors (Lipinski definition) is 1. The van der Waals surface area contributed by atoms with Crippen LogP contribution in [-0.2, 0) is 28.4 Å². The van der Waals surface area contributed by atoms with Crippen molar-refractivity contribution < 1.29 is 17.5 Å². The van der Waals surface area contributed by atoms with E-state index < -0.39 is 10.2 Å². The van der Waals surface area contributed by atoms with Gasteiger partial charge in [-0.1, -0.05) is 6.07 Å². The molecule has 0 spiro atoms. The van der Waals surface area contributed by atoms with Crippen LogP contribution < -0.4 is 4.72 Å². The maximum absolute atomic E-state index is 13.7. The van der Waals surface area contributed by atoms with Gasteiger partial charge in [0.25, 0.3) is 10.2 Å². The van der Waals surface area contributed by atoms with Gasteiger partial charge in [0.1, 0.15) is 11.3 Å². The highest BCUT2D eigenvalue weighted by atomic mass is 32.2. The van der Waals surface area contributed by atoms with Crippen LogP contribution in [0.25, 0.3) is 11.0 Å². The van der Waals surface area contributed by atoms with E-state index in [1.54, 1.807) is 23.7 Å². The molecule has 2 aromatic rings. The van der Waals surface area contributed by atoms with Crippen LogP contribution in [-0.4, -0.2) is 55.1 Å². The van der Waals surface area contributed by atoms with Gasteiger partial charge in [-0.05, 0) is 12.1 Å². The summed E-state index contributed by atoms with van der Waals surface area (Å²) in [5.74, 6) is 0.257. The lowest BCUT2D eigenvalue weighted by atomic mass is 10.3. The first-order chi connectivity index (χ1) is 11.0. The molecule has 0 amide bonds. The van der Waals surface area contributed by atoms with Crippen molar-refractivity contribution in [2.75, 3.05) is 32.8 Å². The van der Waals surface area contributed by atoms with Crippen LogP contribution in [0.1, 0.15) is 5.82 Å². The number of morpholine rings is 1. The van der Waals surface area contributed by atoms with E-state index in [-0.39, 0.29) is 12.4 Å². The molecule has 1 fully saturated rings. The number of hydrogen-bond acceptors (Lipinski definition) is 4. The summed E-state index contributed by atoms with van der Waals surface area (Å²) in [6.07, 6.45) is 0.383. The molecule has 0 radical (unpaired) electrons. The average molecular weight is 342 g/mol. The van der Waals surface area contributed by atoms with E-state index in [9.17, 15) is 12.8 Å². The third-order valence-electron chi connectivity index (χ3n) is 3.90. The number of aryl methyl sites for hydroxylation is 1. The Balaban J connectivity index is 1.67. The van der Waals surface area contributed by atoms with Crippen molar-refractivity contribution >= 4 is 21.2 Å². The number of rotatable bonds is 5. The summed E-state index contributed by atoms with van der Waals surface area (Å²) in [6.45, 7) is 1.73. The van der Waals surface area contributed by atoms with Crippen molar-refractivity contribution in [2.24, 2.45) is 7.05 Å². The second-order valence-corrected chi connectivity index (χ2v) is 7.11. The molecule has 0 bridgehead atoms. The van der Waals surface area contributed by atoms with Crippen LogP contribution in [0.2, 0.25) is 0 Å². The Morgan fingerprint density at radius 3 is 2.78 bits per heavy atom. The summed E-state index contributed by atoms with van der Waals surface area (Å²) in [7, 11) is -1.72. The van der Waals surface area contributed by atoms with Gasteiger partial charge in [0.05, 0.1) is 18.7 Å². The molecule has 23 heavy (non-hydrogen) atoms. The molecule has 1 N–H and O–H groups in total. The summed E-state index contributed by atoms with van der Waals surface area (Å²) >= 11 is 0. The van der Waals surface area contributed by atoms with Gasteiger partial charge in [-0.3, -0.25) is 0 Å². The van der Waals surface area contributed by atoms with Crippen molar-refractivity contribution in [1.29, 1.82) is 0 Å². The predicted molar refractivity (Wildman–Crippen MR) is 83.7 cm³/mol. The zero-order chi connectivity index (χ0) is 16.4. The lowest BCUT2D eigenvalue weighted by molar-refractivity contribution is 0.0725. The number of nitrogens with one attached hydrogen (secondary N) is 1. The maximum Gasteiger partial charge on any atom is 0.279 e. The third-order valence-corrected chi connectivity index (χ3v) is 5.51. The SMILES string of the molecule is Cn1c(CCNS(=O)(=O)N2CCOCC2)nc2c(F)cccc21. The fraction of sp³-hybridized carbons (Fsp3) is 0.500. The quantitative estimate of drug-likeness (QED) is 0.854. The van der Waals surface area contributed by atoms with Gasteiger partial charge < -0.3 is 9.30 Å². The molecule has 3 rings (SSSR count). The molecule has 0 unspecified atom stereocenters. The van der Waals surface area contributed by atoms with Crippen molar-refractivity contribution in [1.82, 2.24) is 18.6 Å². The third kappa shape index (κ3) is 3.37. The number of nitrogens with zero attached hydrogens (tertiary/aromatic N) is 3. The molecule has 9 heteroatoms. The molecule has 2 heterocycles.